The Morgan fingerprint density at radius 1 is 1.21 bits per heavy atom. The van der Waals surface area contributed by atoms with Crippen LogP contribution in [0.5, 0.6) is 0 Å². The van der Waals surface area contributed by atoms with Gasteiger partial charge in [0, 0.05) is 13.0 Å². The molecule has 33 heavy (non-hydrogen) atoms. The van der Waals surface area contributed by atoms with Crippen molar-refractivity contribution in [3.05, 3.63) is 69.5 Å². The van der Waals surface area contributed by atoms with Gasteiger partial charge in [-0.2, -0.15) is 0 Å². The molecular weight excluding hydrogens is 441 g/mol. The van der Waals surface area contributed by atoms with E-state index in [-0.39, 0.29) is 21.9 Å². The van der Waals surface area contributed by atoms with Crippen LogP contribution >= 0.6 is 11.6 Å². The van der Waals surface area contributed by atoms with Crippen molar-refractivity contribution in [1.29, 1.82) is 0 Å². The van der Waals surface area contributed by atoms with Gasteiger partial charge in [0.25, 0.3) is 5.56 Å². The van der Waals surface area contributed by atoms with Crippen LogP contribution in [0.1, 0.15) is 65.7 Å². The molecule has 7 heteroatoms. The summed E-state index contributed by atoms with van der Waals surface area (Å²) in [7, 11) is 0. The minimum Gasteiger partial charge on any atom is -0.333 e. The highest BCUT2D eigenvalue weighted by molar-refractivity contribution is 6.30. The highest BCUT2D eigenvalue weighted by Gasteiger charge is 2.29. The number of hydrogen-bond donors (Lipinski definition) is 0. The van der Waals surface area contributed by atoms with E-state index in [0.717, 1.165) is 12.8 Å². The van der Waals surface area contributed by atoms with Crippen molar-refractivity contribution in [3.63, 3.8) is 0 Å². The lowest BCUT2D eigenvalue weighted by molar-refractivity contribution is -0.135. The third-order valence-corrected chi connectivity index (χ3v) is 5.85. The van der Waals surface area contributed by atoms with Crippen LogP contribution in [-0.2, 0) is 4.79 Å². The van der Waals surface area contributed by atoms with E-state index in [0.29, 0.717) is 35.4 Å². The Bertz CT molecular complexity index is 1220. The number of rotatable bonds is 7. The first kappa shape index (κ1) is 24.9. The van der Waals surface area contributed by atoms with E-state index in [2.05, 4.69) is 6.92 Å². The summed E-state index contributed by atoms with van der Waals surface area (Å²) in [5, 5.41) is 0.354. The van der Waals surface area contributed by atoms with Crippen LogP contribution in [0.2, 0.25) is 5.02 Å². The maximum Gasteiger partial charge on any atom is 0.266 e. The maximum absolute atomic E-state index is 13.9. The molecule has 3 aromatic rings. The Hall–Kier alpha value is -2.73. The average molecular weight is 472 g/mol. The summed E-state index contributed by atoms with van der Waals surface area (Å²) in [4.78, 5) is 33.5. The topological polar surface area (TPSA) is 55.2 Å². The first-order valence-electron chi connectivity index (χ1n) is 11.3. The highest BCUT2D eigenvalue weighted by Crippen LogP contribution is 2.28. The van der Waals surface area contributed by atoms with Crippen LogP contribution < -0.4 is 5.56 Å². The van der Waals surface area contributed by atoms with E-state index < -0.39 is 11.9 Å². The summed E-state index contributed by atoms with van der Waals surface area (Å²) in [5.74, 6) is -0.143. The van der Waals surface area contributed by atoms with E-state index in [1.807, 2.05) is 33.8 Å². The fraction of sp³-hybridized carbons (Fsp3) is 0.423. The molecule has 0 saturated carbocycles. The van der Waals surface area contributed by atoms with Gasteiger partial charge in [0.05, 0.1) is 27.7 Å². The number of amides is 1. The number of carbonyl (C=O) groups excluding carboxylic acids is 1. The van der Waals surface area contributed by atoms with Crippen molar-refractivity contribution >= 4 is 28.4 Å². The zero-order chi connectivity index (χ0) is 24.3. The minimum absolute atomic E-state index is 0.00884. The second-order valence-corrected chi connectivity index (χ2v) is 9.99. The summed E-state index contributed by atoms with van der Waals surface area (Å²) in [5.41, 5.74) is 0.490. The maximum atomic E-state index is 13.9. The van der Waals surface area contributed by atoms with Gasteiger partial charge in [-0.25, -0.2) is 9.37 Å². The number of para-hydroxylation sites is 1. The van der Waals surface area contributed by atoms with Gasteiger partial charge in [-0.1, -0.05) is 57.8 Å². The fourth-order valence-electron chi connectivity index (χ4n) is 3.86. The number of hydrogen-bond acceptors (Lipinski definition) is 3. The molecule has 1 heterocycles. The number of aromatic nitrogens is 2. The molecule has 0 bridgehead atoms. The number of nitrogens with zero attached hydrogens (tertiary/aromatic N) is 3. The standard InChI is InChI=1S/C26H31ClFN3O2/c1-6-7-14-30(23(32)16-26(3,4)5)17(2)24-29-22-11-9-8-10-19(22)25(33)31(24)18-12-13-21(28)20(27)15-18/h8-13,15,17H,6-7,14,16H2,1-5H3. The smallest absolute Gasteiger partial charge is 0.266 e. The summed E-state index contributed by atoms with van der Waals surface area (Å²) in [6.45, 7) is 10.6. The molecule has 2 aromatic carbocycles. The molecular formula is C26H31ClFN3O2. The van der Waals surface area contributed by atoms with Crippen LogP contribution in [0.15, 0.2) is 47.3 Å². The van der Waals surface area contributed by atoms with Crippen LogP contribution in [0, 0.1) is 11.2 Å². The van der Waals surface area contributed by atoms with E-state index in [1.165, 1.54) is 22.8 Å². The van der Waals surface area contributed by atoms with Crippen molar-refractivity contribution in [2.45, 2.75) is 59.9 Å². The summed E-state index contributed by atoms with van der Waals surface area (Å²) in [6.07, 6.45) is 2.14. The SMILES string of the molecule is CCCCN(C(=O)CC(C)(C)C)C(C)c1nc2ccccc2c(=O)n1-c1ccc(F)c(Cl)c1. The van der Waals surface area contributed by atoms with Gasteiger partial charge < -0.3 is 4.90 Å². The van der Waals surface area contributed by atoms with Crippen molar-refractivity contribution in [2.75, 3.05) is 6.54 Å². The highest BCUT2D eigenvalue weighted by atomic mass is 35.5. The first-order chi connectivity index (χ1) is 15.5. The molecule has 1 aromatic heterocycles. The molecule has 1 atom stereocenters. The van der Waals surface area contributed by atoms with Gasteiger partial charge >= 0.3 is 0 Å². The molecule has 0 aliphatic rings. The quantitative estimate of drug-likeness (QED) is 0.406. The molecule has 176 valence electrons. The van der Waals surface area contributed by atoms with Gasteiger partial charge in [0.15, 0.2) is 0 Å². The Labute approximate surface area is 199 Å². The summed E-state index contributed by atoms with van der Waals surface area (Å²) >= 11 is 6.05. The van der Waals surface area contributed by atoms with Crippen molar-refractivity contribution in [3.8, 4) is 5.69 Å². The van der Waals surface area contributed by atoms with Crippen molar-refractivity contribution < 1.29 is 9.18 Å². The fourth-order valence-corrected chi connectivity index (χ4v) is 4.04. The van der Waals surface area contributed by atoms with Crippen LogP contribution in [0.3, 0.4) is 0 Å². The lowest BCUT2D eigenvalue weighted by Gasteiger charge is -2.32. The molecule has 0 aliphatic carbocycles. The van der Waals surface area contributed by atoms with E-state index in [9.17, 15) is 14.0 Å². The largest absolute Gasteiger partial charge is 0.333 e. The van der Waals surface area contributed by atoms with Gasteiger partial charge in [-0.05, 0) is 49.1 Å². The Balaban J connectivity index is 2.22. The number of benzene rings is 2. The zero-order valence-electron chi connectivity index (χ0n) is 19.9. The Kier molecular flexibility index (Phi) is 7.58. The molecule has 5 nitrogen and oxygen atoms in total. The monoisotopic (exact) mass is 471 g/mol. The molecule has 0 aliphatic heterocycles. The van der Waals surface area contributed by atoms with Gasteiger partial charge in [0.2, 0.25) is 5.91 Å². The van der Waals surface area contributed by atoms with Gasteiger partial charge in [-0.15, -0.1) is 0 Å². The third-order valence-electron chi connectivity index (χ3n) is 5.56. The van der Waals surface area contributed by atoms with Gasteiger partial charge in [-0.3, -0.25) is 14.2 Å². The minimum atomic E-state index is -0.568. The lowest BCUT2D eigenvalue weighted by Crippen LogP contribution is -2.39. The molecule has 1 amide bonds. The van der Waals surface area contributed by atoms with Gasteiger partial charge in [0.1, 0.15) is 11.6 Å². The summed E-state index contributed by atoms with van der Waals surface area (Å²) < 4.78 is 15.3. The number of unbranched alkanes of at least 4 members (excludes halogenated alkanes) is 1. The Morgan fingerprint density at radius 2 is 1.91 bits per heavy atom. The molecule has 0 fully saturated rings. The predicted octanol–water partition coefficient (Wildman–Crippen LogP) is 6.30. The van der Waals surface area contributed by atoms with E-state index >= 15 is 0 Å². The lowest BCUT2D eigenvalue weighted by atomic mass is 9.91. The molecule has 3 rings (SSSR count). The third kappa shape index (κ3) is 5.61. The predicted molar refractivity (Wildman–Crippen MR) is 131 cm³/mol. The van der Waals surface area contributed by atoms with Crippen LogP contribution in [-0.4, -0.2) is 26.9 Å². The second kappa shape index (κ2) is 10.0. The molecule has 0 radical (unpaired) electrons. The Morgan fingerprint density at radius 3 is 2.55 bits per heavy atom. The van der Waals surface area contributed by atoms with Crippen molar-refractivity contribution in [1.82, 2.24) is 14.5 Å². The first-order valence-corrected chi connectivity index (χ1v) is 11.7. The number of fused-ring (bicyclic) bond motifs is 1. The second-order valence-electron chi connectivity index (χ2n) is 9.58. The molecule has 0 saturated heterocycles. The molecule has 0 spiro atoms. The zero-order valence-corrected chi connectivity index (χ0v) is 20.6. The number of carbonyl (C=O) groups is 1. The van der Waals surface area contributed by atoms with Crippen LogP contribution in [0.25, 0.3) is 16.6 Å². The van der Waals surface area contributed by atoms with Crippen molar-refractivity contribution in [2.24, 2.45) is 5.41 Å². The van der Waals surface area contributed by atoms with E-state index in [4.69, 9.17) is 16.6 Å². The number of halogens is 2. The summed E-state index contributed by atoms with van der Waals surface area (Å²) in [6, 6.07) is 10.8. The van der Waals surface area contributed by atoms with Crippen LogP contribution in [0.4, 0.5) is 4.39 Å². The molecule has 0 N–H and O–H groups in total. The van der Waals surface area contributed by atoms with E-state index in [1.54, 1.807) is 23.1 Å². The average Bonchev–Trinajstić information content (AvgIpc) is 2.74. The molecule has 1 unspecified atom stereocenters. The normalized spacial score (nSPS) is 12.7.